The molecule has 0 aromatic heterocycles. The number of sulfonamides is 1. The quantitative estimate of drug-likeness (QED) is 0.767. The number of rotatable bonds is 4. The third-order valence-corrected chi connectivity index (χ3v) is 7.17. The van der Waals surface area contributed by atoms with Gasteiger partial charge in [-0.1, -0.05) is 29.8 Å². The van der Waals surface area contributed by atoms with Gasteiger partial charge in [-0.05, 0) is 31.0 Å². The fraction of sp³-hybridized carbons (Fsp3) is 0.263. The van der Waals surface area contributed by atoms with Crippen molar-refractivity contribution in [2.45, 2.75) is 23.8 Å². The average Bonchev–Trinajstić information content (AvgIpc) is 3.19. The number of ether oxygens (including phenoxy) is 1. The van der Waals surface area contributed by atoms with Gasteiger partial charge in [0, 0.05) is 18.3 Å². The van der Waals surface area contributed by atoms with Crippen molar-refractivity contribution < 1.29 is 22.7 Å². The van der Waals surface area contributed by atoms with Gasteiger partial charge in [0.05, 0.1) is 10.7 Å². The summed E-state index contributed by atoms with van der Waals surface area (Å²) in [5.41, 5.74) is 0.905. The number of anilines is 2. The van der Waals surface area contributed by atoms with Crippen LogP contribution in [0.2, 0.25) is 5.02 Å². The fourth-order valence-electron chi connectivity index (χ4n) is 3.44. The molecule has 4 rings (SSSR count). The Morgan fingerprint density at radius 3 is 2.76 bits per heavy atom. The number of carbonyl (C=O) groups excluding carboxylic acids is 2. The number of para-hydroxylation sites is 1. The van der Waals surface area contributed by atoms with E-state index in [1.165, 1.54) is 16.4 Å². The molecule has 10 heteroatoms. The first-order chi connectivity index (χ1) is 13.9. The van der Waals surface area contributed by atoms with E-state index in [-0.39, 0.29) is 34.7 Å². The van der Waals surface area contributed by atoms with Crippen molar-refractivity contribution in [2.75, 3.05) is 23.8 Å². The molecule has 1 fully saturated rings. The van der Waals surface area contributed by atoms with Crippen LogP contribution in [0.4, 0.5) is 11.4 Å². The van der Waals surface area contributed by atoms with Crippen molar-refractivity contribution in [2.24, 2.45) is 0 Å². The van der Waals surface area contributed by atoms with Gasteiger partial charge in [0.25, 0.3) is 5.91 Å². The number of benzene rings is 2. The standard InChI is InChI=1S/C19H18ClN3O5S/c20-13-9-14-16(28-11-18(24)22-14)10-17(13)29(26,27)23-8-4-7-15(23)19(25)21-12-5-2-1-3-6-12/h1-3,5-6,9-10,15H,4,7-8,11H2,(H,21,25)(H,22,24)/t15-/m0/s1. The van der Waals surface area contributed by atoms with E-state index in [0.29, 0.717) is 24.2 Å². The summed E-state index contributed by atoms with van der Waals surface area (Å²) in [6.07, 6.45) is 0.967. The molecule has 2 aromatic rings. The Balaban J connectivity index is 1.62. The van der Waals surface area contributed by atoms with E-state index in [1.54, 1.807) is 24.3 Å². The number of fused-ring (bicyclic) bond motifs is 1. The second kappa shape index (κ2) is 7.66. The van der Waals surface area contributed by atoms with E-state index in [4.69, 9.17) is 16.3 Å². The monoisotopic (exact) mass is 435 g/mol. The lowest BCUT2D eigenvalue weighted by atomic mass is 10.2. The molecule has 8 nitrogen and oxygen atoms in total. The topological polar surface area (TPSA) is 105 Å². The van der Waals surface area contributed by atoms with Crippen molar-refractivity contribution in [1.29, 1.82) is 0 Å². The van der Waals surface area contributed by atoms with E-state index >= 15 is 0 Å². The Bertz CT molecular complexity index is 1070. The molecular weight excluding hydrogens is 418 g/mol. The van der Waals surface area contributed by atoms with Gasteiger partial charge in [-0.25, -0.2) is 8.42 Å². The minimum absolute atomic E-state index is 0.0522. The van der Waals surface area contributed by atoms with Gasteiger partial charge in [0.15, 0.2) is 6.61 Å². The molecule has 0 spiro atoms. The highest BCUT2D eigenvalue weighted by atomic mass is 35.5. The normalized spacial score (nSPS) is 19.2. The van der Waals surface area contributed by atoms with Crippen LogP contribution < -0.4 is 15.4 Å². The second-order valence-electron chi connectivity index (χ2n) is 6.74. The lowest BCUT2D eigenvalue weighted by molar-refractivity contribution is -0.119. The van der Waals surface area contributed by atoms with Gasteiger partial charge in [-0.2, -0.15) is 4.31 Å². The van der Waals surface area contributed by atoms with Crippen LogP contribution >= 0.6 is 11.6 Å². The van der Waals surface area contributed by atoms with Crippen molar-refractivity contribution in [3.63, 3.8) is 0 Å². The van der Waals surface area contributed by atoms with Crippen LogP contribution in [0.3, 0.4) is 0 Å². The number of halogens is 1. The van der Waals surface area contributed by atoms with Gasteiger partial charge in [0.1, 0.15) is 16.7 Å². The second-order valence-corrected chi connectivity index (χ2v) is 9.01. The first-order valence-corrected chi connectivity index (χ1v) is 10.8. The summed E-state index contributed by atoms with van der Waals surface area (Å²) < 4.78 is 33.1. The van der Waals surface area contributed by atoms with Crippen LogP contribution in [0.1, 0.15) is 12.8 Å². The Morgan fingerprint density at radius 1 is 1.24 bits per heavy atom. The molecule has 0 radical (unpaired) electrons. The number of nitrogens with one attached hydrogen (secondary N) is 2. The van der Waals surface area contributed by atoms with Gasteiger partial charge in [-0.15, -0.1) is 0 Å². The highest BCUT2D eigenvalue weighted by Crippen LogP contribution is 2.38. The van der Waals surface area contributed by atoms with Crippen molar-refractivity contribution >= 4 is 44.8 Å². The molecule has 2 aliphatic heterocycles. The minimum atomic E-state index is -4.05. The number of hydrogen-bond donors (Lipinski definition) is 2. The zero-order chi connectivity index (χ0) is 20.6. The smallest absolute Gasteiger partial charge is 0.262 e. The molecule has 0 bridgehead atoms. The molecule has 2 amide bonds. The van der Waals surface area contributed by atoms with Gasteiger partial charge >= 0.3 is 0 Å². The summed E-state index contributed by atoms with van der Waals surface area (Å²) in [6, 6.07) is 10.6. The molecule has 2 aliphatic rings. The van der Waals surface area contributed by atoms with E-state index in [0.717, 1.165) is 0 Å². The van der Waals surface area contributed by atoms with Crippen LogP contribution in [0.15, 0.2) is 47.4 Å². The first-order valence-electron chi connectivity index (χ1n) is 9.00. The highest BCUT2D eigenvalue weighted by Gasteiger charge is 2.41. The third-order valence-electron chi connectivity index (χ3n) is 4.80. The van der Waals surface area contributed by atoms with E-state index in [2.05, 4.69) is 10.6 Å². The zero-order valence-corrected chi connectivity index (χ0v) is 16.8. The Kier molecular flexibility index (Phi) is 5.20. The molecule has 2 aromatic carbocycles. The molecule has 2 N–H and O–H groups in total. The van der Waals surface area contributed by atoms with Crippen LogP contribution in [-0.2, 0) is 19.6 Å². The largest absolute Gasteiger partial charge is 0.482 e. The molecule has 2 heterocycles. The lowest BCUT2D eigenvalue weighted by Gasteiger charge is -2.25. The van der Waals surface area contributed by atoms with Crippen LogP contribution in [0, 0.1) is 0 Å². The van der Waals surface area contributed by atoms with Gasteiger partial charge in [0.2, 0.25) is 15.9 Å². The highest BCUT2D eigenvalue weighted by molar-refractivity contribution is 7.89. The Labute approximate surface area is 172 Å². The predicted molar refractivity (Wildman–Crippen MR) is 108 cm³/mol. The zero-order valence-electron chi connectivity index (χ0n) is 15.2. The molecule has 29 heavy (non-hydrogen) atoms. The summed E-state index contributed by atoms with van der Waals surface area (Å²) in [6.45, 7) is 0.000156. The maximum absolute atomic E-state index is 13.3. The summed E-state index contributed by atoms with van der Waals surface area (Å²) >= 11 is 6.22. The predicted octanol–water partition coefficient (Wildman–Crippen LogP) is 2.46. The summed E-state index contributed by atoms with van der Waals surface area (Å²) in [7, 11) is -4.05. The third kappa shape index (κ3) is 3.81. The first kappa shape index (κ1) is 19.7. The van der Waals surface area contributed by atoms with Crippen LogP contribution in [0.25, 0.3) is 0 Å². The molecule has 1 saturated heterocycles. The molecule has 0 saturated carbocycles. The van der Waals surface area contributed by atoms with Crippen LogP contribution in [-0.4, -0.2) is 43.7 Å². The lowest BCUT2D eigenvalue weighted by Crippen LogP contribution is -2.43. The summed E-state index contributed by atoms with van der Waals surface area (Å²) in [5, 5.41) is 5.29. The summed E-state index contributed by atoms with van der Waals surface area (Å²) in [5.74, 6) is -0.520. The van der Waals surface area contributed by atoms with E-state index < -0.39 is 22.0 Å². The molecular formula is C19H18ClN3O5S. The fourth-order valence-corrected chi connectivity index (χ4v) is 5.62. The maximum Gasteiger partial charge on any atom is 0.262 e. The average molecular weight is 436 g/mol. The maximum atomic E-state index is 13.3. The molecule has 152 valence electrons. The van der Waals surface area contributed by atoms with Crippen LogP contribution in [0.5, 0.6) is 5.75 Å². The van der Waals surface area contributed by atoms with E-state index in [9.17, 15) is 18.0 Å². The van der Waals surface area contributed by atoms with Gasteiger partial charge in [-0.3, -0.25) is 9.59 Å². The molecule has 0 unspecified atom stereocenters. The minimum Gasteiger partial charge on any atom is -0.482 e. The van der Waals surface area contributed by atoms with Crippen molar-refractivity contribution in [3.05, 3.63) is 47.5 Å². The van der Waals surface area contributed by atoms with Crippen molar-refractivity contribution in [1.82, 2.24) is 4.31 Å². The van der Waals surface area contributed by atoms with E-state index in [1.807, 2.05) is 6.07 Å². The number of amides is 2. The summed E-state index contributed by atoms with van der Waals surface area (Å²) in [4.78, 5) is 24.0. The van der Waals surface area contributed by atoms with Gasteiger partial charge < -0.3 is 15.4 Å². The Hall–Kier alpha value is -2.62. The number of hydrogen-bond acceptors (Lipinski definition) is 5. The molecule has 1 atom stereocenters. The SMILES string of the molecule is O=C1COc2cc(S(=O)(=O)N3CCC[C@H]3C(=O)Nc3ccccc3)c(Cl)cc2N1. The molecule has 0 aliphatic carbocycles. The number of nitrogens with zero attached hydrogens (tertiary/aromatic N) is 1. The van der Waals surface area contributed by atoms with Crippen molar-refractivity contribution in [3.8, 4) is 5.75 Å². The Morgan fingerprint density at radius 2 is 2.00 bits per heavy atom. The number of carbonyl (C=O) groups is 2.